The average Bonchev–Trinajstić information content (AvgIpc) is 3.57. The Hall–Kier alpha value is -6.51. The van der Waals surface area contributed by atoms with Gasteiger partial charge in [-0.1, -0.05) is 140 Å². The molecule has 0 spiro atoms. The molecule has 2 nitrogen and oxygen atoms in total. The smallest absolute Gasteiger partial charge is 0.143 e. The van der Waals surface area contributed by atoms with Crippen LogP contribution in [0.15, 0.2) is 174 Å². The summed E-state index contributed by atoms with van der Waals surface area (Å²) in [5.41, 5.74) is 11.6. The first-order valence-electron chi connectivity index (χ1n) is 17.1. The van der Waals surface area contributed by atoms with Crippen LogP contribution in [0.2, 0.25) is 0 Å². The zero-order chi connectivity index (χ0) is 33.2. The molecule has 234 valence electrons. The molecule has 8 aromatic carbocycles. The molecular formula is C48H31NO. The van der Waals surface area contributed by atoms with Crippen molar-refractivity contribution in [1.29, 1.82) is 0 Å². The molecule has 0 fully saturated rings. The monoisotopic (exact) mass is 637 g/mol. The van der Waals surface area contributed by atoms with Crippen LogP contribution >= 0.6 is 0 Å². The number of furan rings is 1. The SMILES string of the molecule is Cc1c(-c2ccccc2)cc(-c2ccccc2)nc1-c1ccc2oc3c(-c4ccc5c6ccccc6c6ccccc6c5c4)cccc3c2c1. The quantitative estimate of drug-likeness (QED) is 0.180. The molecule has 0 amide bonds. The maximum Gasteiger partial charge on any atom is 0.143 e. The second-order valence-electron chi connectivity index (χ2n) is 13.1. The molecule has 0 aliphatic rings. The minimum atomic E-state index is 0.869. The summed E-state index contributed by atoms with van der Waals surface area (Å²) >= 11 is 0. The van der Waals surface area contributed by atoms with Gasteiger partial charge in [-0.25, -0.2) is 4.98 Å². The van der Waals surface area contributed by atoms with Crippen molar-refractivity contribution in [1.82, 2.24) is 4.98 Å². The highest BCUT2D eigenvalue weighted by Crippen LogP contribution is 2.42. The first-order valence-corrected chi connectivity index (χ1v) is 17.1. The van der Waals surface area contributed by atoms with E-state index in [1.807, 2.05) is 6.07 Å². The van der Waals surface area contributed by atoms with Crippen LogP contribution in [-0.4, -0.2) is 4.98 Å². The predicted octanol–water partition coefficient (Wildman–Crippen LogP) is 13.4. The van der Waals surface area contributed by atoms with Gasteiger partial charge in [0.25, 0.3) is 0 Å². The van der Waals surface area contributed by atoms with Crippen molar-refractivity contribution >= 4 is 54.3 Å². The Bertz CT molecular complexity index is 2880. The van der Waals surface area contributed by atoms with Gasteiger partial charge in [-0.05, 0) is 91.8 Å². The number of benzene rings is 8. The number of fused-ring (bicyclic) bond motifs is 9. The van der Waals surface area contributed by atoms with Crippen molar-refractivity contribution < 1.29 is 4.42 Å². The van der Waals surface area contributed by atoms with Crippen molar-refractivity contribution in [3.05, 3.63) is 175 Å². The zero-order valence-electron chi connectivity index (χ0n) is 27.5. The van der Waals surface area contributed by atoms with E-state index >= 15 is 0 Å². The number of hydrogen-bond donors (Lipinski definition) is 0. The van der Waals surface area contributed by atoms with Gasteiger partial charge in [0.15, 0.2) is 0 Å². The molecule has 2 aromatic heterocycles. The van der Waals surface area contributed by atoms with Gasteiger partial charge >= 0.3 is 0 Å². The predicted molar refractivity (Wildman–Crippen MR) is 211 cm³/mol. The number of rotatable bonds is 4. The van der Waals surface area contributed by atoms with E-state index < -0.39 is 0 Å². The van der Waals surface area contributed by atoms with Gasteiger partial charge < -0.3 is 4.42 Å². The molecule has 0 unspecified atom stereocenters. The van der Waals surface area contributed by atoms with Crippen LogP contribution in [0.3, 0.4) is 0 Å². The lowest BCUT2D eigenvalue weighted by Gasteiger charge is -2.15. The molecule has 0 radical (unpaired) electrons. The summed E-state index contributed by atoms with van der Waals surface area (Å²) in [5.74, 6) is 0. The van der Waals surface area contributed by atoms with Crippen molar-refractivity contribution in [3.8, 4) is 44.8 Å². The van der Waals surface area contributed by atoms with Crippen molar-refractivity contribution in [2.24, 2.45) is 0 Å². The summed E-state index contributed by atoms with van der Waals surface area (Å²) < 4.78 is 6.69. The lowest BCUT2D eigenvalue weighted by atomic mass is 9.91. The van der Waals surface area contributed by atoms with Crippen LogP contribution in [-0.2, 0) is 0 Å². The van der Waals surface area contributed by atoms with E-state index in [2.05, 4.69) is 171 Å². The highest BCUT2D eigenvalue weighted by molar-refractivity contribution is 6.26. The maximum absolute atomic E-state index is 6.69. The normalized spacial score (nSPS) is 11.7. The first-order chi connectivity index (χ1) is 24.7. The van der Waals surface area contributed by atoms with Gasteiger partial charge in [-0.2, -0.15) is 0 Å². The van der Waals surface area contributed by atoms with E-state index in [1.165, 1.54) is 43.4 Å². The minimum Gasteiger partial charge on any atom is -0.455 e. The Kier molecular flexibility index (Phi) is 6.43. The summed E-state index contributed by atoms with van der Waals surface area (Å²) in [5, 5.41) is 9.80. The van der Waals surface area contributed by atoms with Crippen molar-refractivity contribution in [2.45, 2.75) is 6.92 Å². The third-order valence-electron chi connectivity index (χ3n) is 10.3. The highest BCUT2D eigenvalue weighted by Gasteiger charge is 2.18. The summed E-state index contributed by atoms with van der Waals surface area (Å²) in [6, 6.07) is 60.6. The Morgan fingerprint density at radius 3 is 1.64 bits per heavy atom. The van der Waals surface area contributed by atoms with E-state index in [9.17, 15) is 0 Å². The number of para-hydroxylation sites is 1. The molecule has 50 heavy (non-hydrogen) atoms. The molecule has 0 atom stereocenters. The lowest BCUT2D eigenvalue weighted by molar-refractivity contribution is 0.670. The molecule has 0 N–H and O–H groups in total. The Morgan fingerprint density at radius 1 is 0.380 bits per heavy atom. The van der Waals surface area contributed by atoms with E-state index in [4.69, 9.17) is 9.40 Å². The molecule has 0 aliphatic carbocycles. The summed E-state index contributed by atoms with van der Waals surface area (Å²) in [6.07, 6.45) is 0. The highest BCUT2D eigenvalue weighted by atomic mass is 16.3. The number of nitrogens with zero attached hydrogens (tertiary/aromatic N) is 1. The molecule has 0 bridgehead atoms. The molecule has 2 heterocycles. The Labute approximate surface area is 289 Å². The minimum absolute atomic E-state index is 0.869. The van der Waals surface area contributed by atoms with E-state index in [-0.39, 0.29) is 0 Å². The molecule has 0 aliphatic heterocycles. The third-order valence-corrected chi connectivity index (χ3v) is 10.3. The van der Waals surface area contributed by atoms with Crippen LogP contribution in [0.4, 0.5) is 0 Å². The van der Waals surface area contributed by atoms with Gasteiger partial charge in [-0.3, -0.25) is 0 Å². The van der Waals surface area contributed by atoms with Gasteiger partial charge in [-0.15, -0.1) is 0 Å². The lowest BCUT2D eigenvalue weighted by Crippen LogP contribution is -1.96. The molecule has 0 saturated heterocycles. The van der Waals surface area contributed by atoms with Gasteiger partial charge in [0, 0.05) is 27.5 Å². The molecule has 10 aromatic rings. The summed E-state index contributed by atoms with van der Waals surface area (Å²) in [7, 11) is 0. The fraction of sp³-hybridized carbons (Fsp3) is 0.0208. The fourth-order valence-corrected chi connectivity index (χ4v) is 7.81. The Balaban J connectivity index is 1.16. The fourth-order valence-electron chi connectivity index (χ4n) is 7.81. The molecule has 2 heteroatoms. The van der Waals surface area contributed by atoms with Gasteiger partial charge in [0.2, 0.25) is 0 Å². The summed E-state index contributed by atoms with van der Waals surface area (Å²) in [4.78, 5) is 5.28. The second kappa shape index (κ2) is 11.3. The topological polar surface area (TPSA) is 26.0 Å². The largest absolute Gasteiger partial charge is 0.455 e. The van der Waals surface area contributed by atoms with Crippen LogP contribution in [0.1, 0.15) is 5.56 Å². The van der Waals surface area contributed by atoms with Crippen LogP contribution in [0.25, 0.3) is 99.0 Å². The van der Waals surface area contributed by atoms with Crippen LogP contribution < -0.4 is 0 Å². The van der Waals surface area contributed by atoms with E-state index in [0.717, 1.165) is 61.1 Å². The Morgan fingerprint density at radius 2 is 0.940 bits per heavy atom. The zero-order valence-corrected chi connectivity index (χ0v) is 27.5. The van der Waals surface area contributed by atoms with Crippen molar-refractivity contribution in [2.75, 3.05) is 0 Å². The maximum atomic E-state index is 6.69. The molecular weight excluding hydrogens is 607 g/mol. The number of aromatic nitrogens is 1. The standard InChI is InChI=1S/C48H31NO/c1-30-42(31-13-4-2-5-14-31)29-45(32-15-6-3-7-16-32)49-47(30)34-24-26-46-44(28-34)41-22-12-21-35(48(41)50-46)33-23-25-40-38-19-9-8-17-36(38)37-18-10-11-20-39(37)43(40)27-33/h2-29H,1H3. The van der Waals surface area contributed by atoms with Crippen LogP contribution in [0.5, 0.6) is 0 Å². The number of pyridine rings is 1. The number of hydrogen-bond acceptors (Lipinski definition) is 2. The molecule has 10 rings (SSSR count). The molecule has 0 saturated carbocycles. The van der Waals surface area contributed by atoms with E-state index in [1.54, 1.807) is 0 Å². The van der Waals surface area contributed by atoms with Crippen molar-refractivity contribution in [3.63, 3.8) is 0 Å². The average molecular weight is 638 g/mol. The van der Waals surface area contributed by atoms with Gasteiger partial charge in [0.1, 0.15) is 11.2 Å². The second-order valence-corrected chi connectivity index (χ2v) is 13.1. The third kappa shape index (κ3) is 4.46. The van der Waals surface area contributed by atoms with E-state index in [0.29, 0.717) is 0 Å². The van der Waals surface area contributed by atoms with Gasteiger partial charge in [0.05, 0.1) is 11.4 Å². The summed E-state index contributed by atoms with van der Waals surface area (Å²) in [6.45, 7) is 2.18. The van der Waals surface area contributed by atoms with Crippen LogP contribution in [0, 0.1) is 6.92 Å². The first kappa shape index (κ1) is 28.5.